The number of carbonyl (C=O) groups is 1. The summed E-state index contributed by atoms with van der Waals surface area (Å²) in [6.07, 6.45) is 0.976. The average molecular weight is 310 g/mol. The number of carbonyl (C=O) groups excluding carboxylic acids is 1. The predicted octanol–water partition coefficient (Wildman–Crippen LogP) is 1.84. The first-order valence-corrected chi connectivity index (χ1v) is 8.56. The summed E-state index contributed by atoms with van der Waals surface area (Å²) in [7, 11) is -3.79. The first kappa shape index (κ1) is 16.0. The second kappa shape index (κ2) is 5.42. The molecule has 1 amide bonds. The SMILES string of the molecule is CC(C)(C)C1CCN(C(=O)c2cccc(S(N)(=O)=O)c2)C1. The molecular formula is C15H22N2O3S. The molecule has 0 spiro atoms. The molecule has 1 saturated heterocycles. The lowest BCUT2D eigenvalue weighted by Crippen LogP contribution is -2.31. The predicted molar refractivity (Wildman–Crippen MR) is 81.3 cm³/mol. The van der Waals surface area contributed by atoms with Gasteiger partial charge in [0.15, 0.2) is 0 Å². The number of nitrogens with two attached hydrogens (primary N) is 1. The largest absolute Gasteiger partial charge is 0.338 e. The van der Waals surface area contributed by atoms with E-state index in [1.54, 1.807) is 17.0 Å². The molecule has 1 fully saturated rings. The van der Waals surface area contributed by atoms with Crippen LogP contribution in [0.25, 0.3) is 0 Å². The molecule has 1 atom stereocenters. The molecule has 1 aliphatic heterocycles. The van der Waals surface area contributed by atoms with E-state index in [2.05, 4.69) is 20.8 Å². The fraction of sp³-hybridized carbons (Fsp3) is 0.533. The number of hydrogen-bond donors (Lipinski definition) is 1. The number of benzene rings is 1. The number of primary sulfonamides is 1. The minimum Gasteiger partial charge on any atom is -0.338 e. The lowest BCUT2D eigenvalue weighted by atomic mass is 9.80. The van der Waals surface area contributed by atoms with Gasteiger partial charge >= 0.3 is 0 Å². The molecule has 1 heterocycles. The molecule has 2 N–H and O–H groups in total. The van der Waals surface area contributed by atoms with Gasteiger partial charge in [-0.25, -0.2) is 13.6 Å². The second-order valence-electron chi connectivity index (χ2n) is 6.68. The number of likely N-dealkylation sites (tertiary alicyclic amines) is 1. The maximum absolute atomic E-state index is 12.5. The lowest BCUT2D eigenvalue weighted by Gasteiger charge is -2.27. The lowest BCUT2D eigenvalue weighted by molar-refractivity contribution is 0.0776. The summed E-state index contributed by atoms with van der Waals surface area (Å²) in [4.78, 5) is 14.3. The van der Waals surface area contributed by atoms with Gasteiger partial charge in [-0.05, 0) is 36.0 Å². The summed E-state index contributed by atoms with van der Waals surface area (Å²) in [5.74, 6) is 0.329. The Morgan fingerprint density at radius 1 is 1.33 bits per heavy atom. The van der Waals surface area contributed by atoms with Crippen molar-refractivity contribution in [3.05, 3.63) is 29.8 Å². The van der Waals surface area contributed by atoms with E-state index in [0.29, 0.717) is 24.6 Å². The van der Waals surface area contributed by atoms with Gasteiger partial charge in [-0.2, -0.15) is 0 Å². The Labute approximate surface area is 126 Å². The van der Waals surface area contributed by atoms with E-state index in [0.717, 1.165) is 6.42 Å². The molecule has 21 heavy (non-hydrogen) atoms. The zero-order chi connectivity index (χ0) is 15.8. The molecule has 1 aromatic carbocycles. The van der Waals surface area contributed by atoms with E-state index < -0.39 is 10.0 Å². The van der Waals surface area contributed by atoms with Crippen molar-refractivity contribution in [3.63, 3.8) is 0 Å². The third-order valence-corrected chi connectivity index (χ3v) is 5.02. The summed E-state index contributed by atoms with van der Waals surface area (Å²) >= 11 is 0. The third kappa shape index (κ3) is 3.63. The van der Waals surface area contributed by atoms with Gasteiger partial charge in [0.05, 0.1) is 4.90 Å². The maximum Gasteiger partial charge on any atom is 0.253 e. The summed E-state index contributed by atoms with van der Waals surface area (Å²) in [6.45, 7) is 7.94. The second-order valence-corrected chi connectivity index (χ2v) is 8.24. The van der Waals surface area contributed by atoms with Crippen molar-refractivity contribution in [2.75, 3.05) is 13.1 Å². The Bertz CT molecular complexity index is 647. The highest BCUT2D eigenvalue weighted by Crippen LogP contribution is 2.34. The molecule has 6 heteroatoms. The number of rotatable bonds is 2. The van der Waals surface area contributed by atoms with E-state index in [1.165, 1.54) is 12.1 Å². The maximum atomic E-state index is 12.5. The van der Waals surface area contributed by atoms with Crippen LogP contribution >= 0.6 is 0 Å². The Kier molecular flexibility index (Phi) is 4.13. The van der Waals surface area contributed by atoms with Crippen molar-refractivity contribution >= 4 is 15.9 Å². The topological polar surface area (TPSA) is 80.5 Å². The first-order chi connectivity index (χ1) is 9.59. The van der Waals surface area contributed by atoms with Crippen LogP contribution in [0.2, 0.25) is 0 Å². The normalized spacial score (nSPS) is 19.8. The van der Waals surface area contributed by atoms with Crippen LogP contribution < -0.4 is 5.14 Å². The van der Waals surface area contributed by atoms with Gasteiger partial charge in [0.25, 0.3) is 5.91 Å². The van der Waals surface area contributed by atoms with Gasteiger partial charge < -0.3 is 4.90 Å². The van der Waals surface area contributed by atoms with Crippen LogP contribution in [0.1, 0.15) is 37.6 Å². The Morgan fingerprint density at radius 2 is 2.00 bits per heavy atom. The Morgan fingerprint density at radius 3 is 2.52 bits per heavy atom. The fourth-order valence-corrected chi connectivity index (χ4v) is 3.20. The smallest absolute Gasteiger partial charge is 0.253 e. The van der Waals surface area contributed by atoms with E-state index in [1.807, 2.05) is 0 Å². The van der Waals surface area contributed by atoms with E-state index in [4.69, 9.17) is 5.14 Å². The number of sulfonamides is 1. The van der Waals surface area contributed by atoms with E-state index in [9.17, 15) is 13.2 Å². The van der Waals surface area contributed by atoms with Gasteiger partial charge in [0.1, 0.15) is 0 Å². The molecule has 0 saturated carbocycles. The van der Waals surface area contributed by atoms with Crippen LogP contribution in [0.5, 0.6) is 0 Å². The molecule has 0 aromatic heterocycles. The van der Waals surface area contributed by atoms with Gasteiger partial charge in [0.2, 0.25) is 10.0 Å². The van der Waals surface area contributed by atoms with Gasteiger partial charge in [0, 0.05) is 18.7 Å². The first-order valence-electron chi connectivity index (χ1n) is 7.01. The summed E-state index contributed by atoms with van der Waals surface area (Å²) < 4.78 is 22.7. The molecule has 1 aromatic rings. The van der Waals surface area contributed by atoms with Crippen molar-refractivity contribution in [3.8, 4) is 0 Å². The van der Waals surface area contributed by atoms with Crippen LogP contribution in [0.3, 0.4) is 0 Å². The van der Waals surface area contributed by atoms with E-state index in [-0.39, 0.29) is 16.2 Å². The van der Waals surface area contributed by atoms with Crippen molar-refractivity contribution in [1.29, 1.82) is 0 Å². The zero-order valence-corrected chi connectivity index (χ0v) is 13.5. The van der Waals surface area contributed by atoms with Crippen LogP contribution in [-0.2, 0) is 10.0 Å². The van der Waals surface area contributed by atoms with Crippen molar-refractivity contribution in [1.82, 2.24) is 4.90 Å². The van der Waals surface area contributed by atoms with Gasteiger partial charge in [-0.1, -0.05) is 26.8 Å². The number of amides is 1. The number of nitrogens with zero attached hydrogens (tertiary/aromatic N) is 1. The fourth-order valence-electron chi connectivity index (χ4n) is 2.64. The minimum atomic E-state index is -3.79. The molecular weight excluding hydrogens is 288 g/mol. The van der Waals surface area contributed by atoms with E-state index >= 15 is 0 Å². The Balaban J connectivity index is 2.19. The highest BCUT2D eigenvalue weighted by Gasteiger charge is 2.34. The molecule has 0 radical (unpaired) electrons. The van der Waals surface area contributed by atoms with Crippen molar-refractivity contribution in [2.45, 2.75) is 32.1 Å². The van der Waals surface area contributed by atoms with Gasteiger partial charge in [-0.3, -0.25) is 4.79 Å². The highest BCUT2D eigenvalue weighted by atomic mass is 32.2. The van der Waals surface area contributed by atoms with Crippen molar-refractivity contribution < 1.29 is 13.2 Å². The molecule has 1 unspecified atom stereocenters. The molecule has 2 rings (SSSR count). The van der Waals surface area contributed by atoms with Crippen LogP contribution in [0, 0.1) is 11.3 Å². The molecule has 0 bridgehead atoms. The van der Waals surface area contributed by atoms with Crippen LogP contribution in [-0.4, -0.2) is 32.3 Å². The summed E-state index contributed by atoms with van der Waals surface area (Å²) in [5, 5.41) is 5.11. The molecule has 1 aliphatic rings. The number of hydrogen-bond acceptors (Lipinski definition) is 3. The molecule has 116 valence electrons. The standard InChI is InChI=1S/C15H22N2O3S/c1-15(2,3)12-7-8-17(10-12)14(18)11-5-4-6-13(9-11)21(16,19)20/h4-6,9,12H,7-8,10H2,1-3H3,(H2,16,19,20). The molecule has 5 nitrogen and oxygen atoms in total. The zero-order valence-electron chi connectivity index (χ0n) is 12.7. The summed E-state index contributed by atoms with van der Waals surface area (Å²) in [5.41, 5.74) is 0.536. The third-order valence-electron chi connectivity index (χ3n) is 4.11. The van der Waals surface area contributed by atoms with Crippen LogP contribution in [0.15, 0.2) is 29.2 Å². The summed E-state index contributed by atoms with van der Waals surface area (Å²) in [6, 6.07) is 5.92. The van der Waals surface area contributed by atoms with Crippen LogP contribution in [0.4, 0.5) is 0 Å². The minimum absolute atomic E-state index is 0.0279. The highest BCUT2D eigenvalue weighted by molar-refractivity contribution is 7.89. The Hall–Kier alpha value is -1.40. The molecule has 0 aliphatic carbocycles. The monoisotopic (exact) mass is 310 g/mol. The van der Waals surface area contributed by atoms with Crippen molar-refractivity contribution in [2.24, 2.45) is 16.5 Å². The van der Waals surface area contributed by atoms with Gasteiger partial charge in [-0.15, -0.1) is 0 Å². The quantitative estimate of drug-likeness (QED) is 0.905. The average Bonchev–Trinajstić information content (AvgIpc) is 2.86.